The predicted molar refractivity (Wildman–Crippen MR) is 187 cm³/mol. The molecule has 7 rings (SSSR count). The summed E-state index contributed by atoms with van der Waals surface area (Å²) in [6.45, 7) is 14.6. The number of benzene rings is 5. The molecule has 0 bridgehead atoms. The largest absolute Gasteiger partial charge is 0.494 e. The van der Waals surface area contributed by atoms with Crippen molar-refractivity contribution in [3.8, 4) is 16.8 Å². The van der Waals surface area contributed by atoms with Gasteiger partial charge in [0, 0.05) is 22.9 Å². The smallest absolute Gasteiger partial charge is 0.399 e. The lowest BCUT2D eigenvalue weighted by Crippen LogP contribution is -2.41. The molecule has 0 unspecified atom stereocenters. The summed E-state index contributed by atoms with van der Waals surface area (Å²) in [6.07, 6.45) is 0.828. The average molecular weight is 580 g/mol. The average Bonchev–Trinajstić information content (AvgIpc) is 3.48. The first kappa shape index (κ1) is 29.9. The van der Waals surface area contributed by atoms with E-state index < -0.39 is 18.3 Å². The molecule has 3 nitrogen and oxygen atoms in total. The van der Waals surface area contributed by atoms with E-state index in [2.05, 4.69) is 154 Å². The van der Waals surface area contributed by atoms with E-state index in [1.807, 2.05) is 13.8 Å². The topological polar surface area (TPSA) is 23.4 Å². The molecular formula is C40H42BNO2. The van der Waals surface area contributed by atoms with Gasteiger partial charge in [-0.2, -0.15) is 0 Å². The summed E-state index contributed by atoms with van der Waals surface area (Å²) in [7, 11) is -0.412. The van der Waals surface area contributed by atoms with Gasteiger partial charge in [-0.05, 0) is 86.1 Å². The number of aryl methyl sites for hydroxylation is 1. The van der Waals surface area contributed by atoms with Crippen molar-refractivity contribution in [2.24, 2.45) is 0 Å². The highest BCUT2D eigenvalue weighted by Gasteiger charge is 2.51. The van der Waals surface area contributed by atoms with Crippen LogP contribution in [-0.4, -0.2) is 22.9 Å². The number of rotatable bonds is 5. The van der Waals surface area contributed by atoms with E-state index in [4.69, 9.17) is 9.31 Å². The van der Waals surface area contributed by atoms with Crippen molar-refractivity contribution in [3.63, 3.8) is 0 Å². The van der Waals surface area contributed by atoms with Crippen LogP contribution < -0.4 is 5.46 Å². The molecule has 0 atom stereocenters. The van der Waals surface area contributed by atoms with Crippen LogP contribution in [0.15, 0.2) is 115 Å². The van der Waals surface area contributed by atoms with Crippen LogP contribution in [0.25, 0.3) is 38.6 Å². The Morgan fingerprint density at radius 3 is 1.91 bits per heavy atom. The fourth-order valence-electron chi connectivity index (χ4n) is 6.27. The molecule has 44 heavy (non-hydrogen) atoms. The van der Waals surface area contributed by atoms with E-state index in [1.165, 1.54) is 49.6 Å². The van der Waals surface area contributed by atoms with Crippen LogP contribution in [0.4, 0.5) is 0 Å². The molecule has 222 valence electrons. The van der Waals surface area contributed by atoms with Crippen LogP contribution in [0, 0.1) is 6.92 Å². The highest BCUT2D eigenvalue weighted by molar-refractivity contribution is 6.62. The molecule has 0 aliphatic carbocycles. The minimum atomic E-state index is -0.412. The second-order valence-electron chi connectivity index (χ2n) is 12.5. The number of hydrogen-bond acceptors (Lipinski definition) is 2. The monoisotopic (exact) mass is 579 g/mol. The van der Waals surface area contributed by atoms with Crippen LogP contribution in [0.5, 0.6) is 0 Å². The Balaban J connectivity index is 0.00000168. The molecule has 0 N–H and O–H groups in total. The maximum Gasteiger partial charge on any atom is 0.494 e. The first-order valence-electron chi connectivity index (χ1n) is 15.8. The zero-order valence-corrected chi connectivity index (χ0v) is 27.0. The van der Waals surface area contributed by atoms with E-state index in [0.717, 1.165) is 17.6 Å². The number of nitrogens with zero attached hydrogens (tertiary/aromatic N) is 1. The maximum absolute atomic E-state index is 6.47. The summed E-state index contributed by atoms with van der Waals surface area (Å²) in [5.74, 6) is 0. The number of hydrogen-bond donors (Lipinski definition) is 0. The third kappa shape index (κ3) is 5.17. The van der Waals surface area contributed by atoms with Crippen molar-refractivity contribution in [2.45, 2.75) is 66.1 Å². The molecular weight excluding hydrogens is 537 g/mol. The Morgan fingerprint density at radius 2 is 1.25 bits per heavy atom. The first-order valence-corrected chi connectivity index (χ1v) is 15.8. The summed E-state index contributed by atoms with van der Waals surface area (Å²) in [5, 5.41) is 2.43. The van der Waals surface area contributed by atoms with Gasteiger partial charge >= 0.3 is 7.12 Å². The molecule has 5 aromatic carbocycles. The van der Waals surface area contributed by atoms with Crippen molar-refractivity contribution in [3.05, 3.63) is 132 Å². The maximum atomic E-state index is 6.47. The summed E-state index contributed by atoms with van der Waals surface area (Å²) < 4.78 is 15.4. The molecule has 0 amide bonds. The Hall–Kier alpha value is -4.12. The van der Waals surface area contributed by atoms with E-state index in [-0.39, 0.29) is 0 Å². The van der Waals surface area contributed by atoms with Crippen molar-refractivity contribution in [2.75, 3.05) is 0 Å². The van der Waals surface area contributed by atoms with Gasteiger partial charge in [-0.25, -0.2) is 0 Å². The van der Waals surface area contributed by atoms with Gasteiger partial charge in [0.25, 0.3) is 0 Å². The van der Waals surface area contributed by atoms with Gasteiger partial charge in [0.15, 0.2) is 0 Å². The highest BCUT2D eigenvalue weighted by Crippen LogP contribution is 2.41. The summed E-state index contributed by atoms with van der Waals surface area (Å²) >= 11 is 0. The fraction of sp³-hybridized carbons (Fsp3) is 0.250. The Kier molecular flexibility index (Phi) is 8.00. The molecule has 1 fully saturated rings. The van der Waals surface area contributed by atoms with Crippen molar-refractivity contribution >= 4 is 34.4 Å². The summed E-state index contributed by atoms with van der Waals surface area (Å²) in [4.78, 5) is 0. The van der Waals surface area contributed by atoms with Crippen LogP contribution in [0.1, 0.15) is 58.2 Å². The second kappa shape index (κ2) is 11.8. The van der Waals surface area contributed by atoms with Gasteiger partial charge in [-0.1, -0.05) is 111 Å². The van der Waals surface area contributed by atoms with Crippen LogP contribution in [0.3, 0.4) is 0 Å². The zero-order valence-electron chi connectivity index (χ0n) is 27.0. The first-order chi connectivity index (χ1) is 21.2. The molecule has 1 aromatic heterocycles. The number of para-hydroxylation sites is 1. The van der Waals surface area contributed by atoms with Crippen molar-refractivity contribution in [1.29, 1.82) is 0 Å². The molecule has 1 aliphatic rings. The van der Waals surface area contributed by atoms with Crippen LogP contribution in [0.2, 0.25) is 0 Å². The van der Waals surface area contributed by atoms with E-state index in [9.17, 15) is 0 Å². The van der Waals surface area contributed by atoms with Gasteiger partial charge in [-0.15, -0.1) is 0 Å². The standard InChI is InChI=1S/C38H36BNO2.C2H6/c1-26-14-12-13-19-30(26)31-21-22-32-33-25-28(39-41-37(2,3)38(4,5)42-39)20-23-35(33)40(29-17-10-7-11-18-29)36(32)34(31)24-27-15-8-6-9-16-27;1-2/h6-23,25H,24H2,1-5H3;1-2H3. The van der Waals surface area contributed by atoms with Gasteiger partial charge in [0.2, 0.25) is 0 Å². The predicted octanol–water partition coefficient (Wildman–Crippen LogP) is 9.68. The number of fused-ring (bicyclic) bond motifs is 3. The van der Waals surface area contributed by atoms with E-state index >= 15 is 0 Å². The lowest BCUT2D eigenvalue weighted by atomic mass is 9.78. The van der Waals surface area contributed by atoms with Gasteiger partial charge in [0.1, 0.15) is 0 Å². The molecule has 2 heterocycles. The number of aromatic nitrogens is 1. The molecule has 0 spiro atoms. The molecule has 1 saturated heterocycles. The van der Waals surface area contributed by atoms with Crippen molar-refractivity contribution in [1.82, 2.24) is 4.57 Å². The minimum Gasteiger partial charge on any atom is -0.399 e. The zero-order chi connectivity index (χ0) is 31.1. The van der Waals surface area contributed by atoms with Crippen LogP contribution >= 0.6 is 0 Å². The Morgan fingerprint density at radius 1 is 0.636 bits per heavy atom. The SMILES string of the molecule is CC.Cc1ccccc1-c1ccc2c3cc(B4OC(C)(C)C(C)(C)O4)ccc3n(-c3ccccc3)c2c1Cc1ccccc1. The molecule has 1 aliphatic heterocycles. The molecule has 0 radical (unpaired) electrons. The Labute approximate surface area is 262 Å². The lowest BCUT2D eigenvalue weighted by molar-refractivity contribution is 0.00578. The highest BCUT2D eigenvalue weighted by atomic mass is 16.7. The molecule has 4 heteroatoms. The molecule has 6 aromatic rings. The molecule has 0 saturated carbocycles. The normalized spacial score (nSPS) is 15.4. The van der Waals surface area contributed by atoms with E-state index in [1.54, 1.807) is 0 Å². The van der Waals surface area contributed by atoms with Gasteiger partial charge in [0.05, 0.1) is 22.2 Å². The third-order valence-corrected chi connectivity index (χ3v) is 9.26. The minimum absolute atomic E-state index is 0.393. The van der Waals surface area contributed by atoms with Crippen LogP contribution in [-0.2, 0) is 15.7 Å². The fourth-order valence-corrected chi connectivity index (χ4v) is 6.27. The van der Waals surface area contributed by atoms with Gasteiger partial charge < -0.3 is 13.9 Å². The van der Waals surface area contributed by atoms with E-state index in [0.29, 0.717) is 0 Å². The third-order valence-electron chi connectivity index (χ3n) is 9.26. The summed E-state index contributed by atoms with van der Waals surface area (Å²) in [6, 6.07) is 41.5. The van der Waals surface area contributed by atoms with Gasteiger partial charge in [-0.3, -0.25) is 0 Å². The quantitative estimate of drug-likeness (QED) is 0.190. The summed E-state index contributed by atoms with van der Waals surface area (Å²) in [5.41, 5.74) is 10.3. The second-order valence-corrected chi connectivity index (χ2v) is 12.5. The lowest BCUT2D eigenvalue weighted by Gasteiger charge is -2.32. The Bertz CT molecular complexity index is 1910. The van der Waals surface area contributed by atoms with Crippen molar-refractivity contribution < 1.29 is 9.31 Å².